The van der Waals surface area contributed by atoms with Gasteiger partial charge >= 0.3 is 0 Å². The maximum Gasteiger partial charge on any atom is 0.0815 e. The van der Waals surface area contributed by atoms with Crippen LogP contribution in [-0.2, 0) is 0 Å². The minimum absolute atomic E-state index is 0.203. The van der Waals surface area contributed by atoms with Gasteiger partial charge in [0, 0.05) is 17.8 Å². The van der Waals surface area contributed by atoms with Crippen molar-refractivity contribution in [1.82, 2.24) is 15.1 Å². The van der Waals surface area contributed by atoms with E-state index >= 15 is 0 Å². The van der Waals surface area contributed by atoms with Crippen LogP contribution in [0.5, 0.6) is 0 Å². The summed E-state index contributed by atoms with van der Waals surface area (Å²) in [7, 11) is 0. The second-order valence-corrected chi connectivity index (χ2v) is 6.12. The molecule has 1 unspecified atom stereocenters. The van der Waals surface area contributed by atoms with Crippen LogP contribution < -0.4 is 5.32 Å². The highest BCUT2D eigenvalue weighted by Gasteiger charge is 2.10. The van der Waals surface area contributed by atoms with Gasteiger partial charge in [0.05, 0.1) is 10.7 Å². The van der Waals surface area contributed by atoms with Crippen LogP contribution in [0.3, 0.4) is 0 Å². The molecule has 17 heavy (non-hydrogen) atoms. The van der Waals surface area contributed by atoms with Crippen molar-refractivity contribution in [1.29, 1.82) is 0 Å². The van der Waals surface area contributed by atoms with Gasteiger partial charge in [-0.2, -0.15) is 5.10 Å². The van der Waals surface area contributed by atoms with Crippen LogP contribution >= 0.6 is 11.6 Å². The number of rotatable bonds is 5. The lowest BCUT2D eigenvalue weighted by Crippen LogP contribution is -2.36. The molecule has 0 aromatic carbocycles. The fourth-order valence-electron chi connectivity index (χ4n) is 1.68. The summed E-state index contributed by atoms with van der Waals surface area (Å²) in [6.45, 7) is 11.7. The van der Waals surface area contributed by atoms with E-state index in [-0.39, 0.29) is 5.54 Å². The highest BCUT2D eigenvalue weighted by Crippen LogP contribution is 2.18. The summed E-state index contributed by atoms with van der Waals surface area (Å²) in [5.41, 5.74) is 1.11. The Kier molecular flexibility index (Phi) is 5.02. The number of nitrogens with one attached hydrogen (secondary N) is 1. The maximum absolute atomic E-state index is 6.00. The van der Waals surface area contributed by atoms with Crippen molar-refractivity contribution in [2.24, 2.45) is 0 Å². The largest absolute Gasteiger partial charge is 0.312 e. The first kappa shape index (κ1) is 14.5. The zero-order valence-corrected chi connectivity index (χ0v) is 12.3. The molecule has 1 rings (SSSR count). The van der Waals surface area contributed by atoms with Gasteiger partial charge < -0.3 is 5.32 Å². The number of nitrogens with zero attached hydrogens (tertiary/aromatic N) is 2. The van der Waals surface area contributed by atoms with E-state index < -0.39 is 0 Å². The molecular formula is C13H24ClN3. The monoisotopic (exact) mass is 257 g/mol. The van der Waals surface area contributed by atoms with Gasteiger partial charge in [0.15, 0.2) is 0 Å². The van der Waals surface area contributed by atoms with Gasteiger partial charge in [-0.15, -0.1) is 0 Å². The van der Waals surface area contributed by atoms with Crippen molar-refractivity contribution in [3.63, 3.8) is 0 Å². The van der Waals surface area contributed by atoms with Gasteiger partial charge in [0.1, 0.15) is 0 Å². The lowest BCUT2D eigenvalue weighted by atomic mass is 10.1. The number of aromatic nitrogens is 2. The van der Waals surface area contributed by atoms with Gasteiger partial charge in [0.25, 0.3) is 0 Å². The normalized spacial score (nSPS) is 14.0. The molecule has 1 aromatic rings. The lowest BCUT2D eigenvalue weighted by molar-refractivity contribution is 0.389. The van der Waals surface area contributed by atoms with Crippen molar-refractivity contribution in [2.75, 3.05) is 6.54 Å². The highest BCUT2D eigenvalue weighted by molar-refractivity contribution is 6.31. The van der Waals surface area contributed by atoms with Gasteiger partial charge in [-0.1, -0.05) is 11.6 Å². The summed E-state index contributed by atoms with van der Waals surface area (Å²) in [6, 6.07) is 0.406. The van der Waals surface area contributed by atoms with Crippen molar-refractivity contribution < 1.29 is 0 Å². The maximum atomic E-state index is 6.00. The first-order valence-electron chi connectivity index (χ1n) is 6.26. The summed E-state index contributed by atoms with van der Waals surface area (Å²) in [6.07, 6.45) is 4.17. The summed E-state index contributed by atoms with van der Waals surface area (Å²) >= 11 is 6.00. The Hall–Kier alpha value is -0.540. The minimum Gasteiger partial charge on any atom is -0.312 e. The molecule has 4 heteroatoms. The zero-order chi connectivity index (χ0) is 13.1. The van der Waals surface area contributed by atoms with Gasteiger partial charge in [0.2, 0.25) is 0 Å². The quantitative estimate of drug-likeness (QED) is 0.818. The average molecular weight is 258 g/mol. The third-order valence-corrected chi connectivity index (χ3v) is 3.13. The highest BCUT2D eigenvalue weighted by atomic mass is 35.5. The molecule has 1 atom stereocenters. The van der Waals surface area contributed by atoms with Crippen molar-refractivity contribution in [3.05, 3.63) is 16.9 Å². The second kappa shape index (κ2) is 5.87. The van der Waals surface area contributed by atoms with Crippen molar-refractivity contribution >= 4 is 11.6 Å². The SMILES string of the molecule is Cc1nn(C(C)CCCNC(C)(C)C)cc1Cl. The molecule has 0 saturated heterocycles. The smallest absolute Gasteiger partial charge is 0.0815 e. The Labute approximate surface area is 110 Å². The molecule has 1 heterocycles. The summed E-state index contributed by atoms with van der Waals surface area (Å²) < 4.78 is 1.97. The fourth-order valence-corrected chi connectivity index (χ4v) is 1.82. The van der Waals surface area contributed by atoms with Crippen LogP contribution in [0.15, 0.2) is 6.20 Å². The molecule has 0 aliphatic heterocycles. The van der Waals surface area contributed by atoms with E-state index in [9.17, 15) is 0 Å². The molecule has 0 aliphatic rings. The topological polar surface area (TPSA) is 29.9 Å². The van der Waals surface area contributed by atoms with E-state index in [1.807, 2.05) is 17.8 Å². The predicted molar refractivity (Wildman–Crippen MR) is 73.7 cm³/mol. The molecule has 98 valence electrons. The molecule has 0 spiro atoms. The number of hydrogen-bond donors (Lipinski definition) is 1. The Morgan fingerprint density at radius 1 is 1.47 bits per heavy atom. The predicted octanol–water partition coefficient (Wildman–Crippen LogP) is 3.57. The molecule has 0 saturated carbocycles. The fraction of sp³-hybridized carbons (Fsp3) is 0.769. The number of hydrogen-bond acceptors (Lipinski definition) is 2. The second-order valence-electron chi connectivity index (χ2n) is 5.71. The van der Waals surface area contributed by atoms with E-state index in [0.717, 1.165) is 30.1 Å². The molecule has 0 bridgehead atoms. The standard InChI is InChI=1S/C13H24ClN3/c1-10(7-6-8-15-13(3,4)5)17-9-12(14)11(2)16-17/h9-10,15H,6-8H2,1-5H3. The Morgan fingerprint density at radius 2 is 2.12 bits per heavy atom. The van der Waals surface area contributed by atoms with Gasteiger partial charge in [-0.3, -0.25) is 4.68 Å². The van der Waals surface area contributed by atoms with Crippen molar-refractivity contribution in [2.45, 2.75) is 59.0 Å². The molecule has 1 aromatic heterocycles. The Morgan fingerprint density at radius 3 is 2.59 bits per heavy atom. The van der Waals surface area contributed by atoms with Crippen LogP contribution in [0.2, 0.25) is 5.02 Å². The van der Waals surface area contributed by atoms with E-state index in [0.29, 0.717) is 6.04 Å². The molecule has 0 aliphatic carbocycles. The van der Waals surface area contributed by atoms with Gasteiger partial charge in [-0.25, -0.2) is 0 Å². The van der Waals surface area contributed by atoms with E-state index in [1.54, 1.807) is 0 Å². The van der Waals surface area contributed by atoms with E-state index in [2.05, 4.69) is 38.1 Å². The first-order valence-corrected chi connectivity index (χ1v) is 6.63. The zero-order valence-electron chi connectivity index (χ0n) is 11.5. The molecule has 0 amide bonds. The van der Waals surface area contributed by atoms with Crippen LogP contribution in [-0.4, -0.2) is 21.9 Å². The lowest BCUT2D eigenvalue weighted by Gasteiger charge is -2.21. The van der Waals surface area contributed by atoms with E-state index in [1.165, 1.54) is 0 Å². The Balaban J connectivity index is 2.33. The third kappa shape index (κ3) is 5.09. The average Bonchev–Trinajstić information content (AvgIpc) is 2.52. The molecule has 1 N–H and O–H groups in total. The third-order valence-electron chi connectivity index (χ3n) is 2.76. The summed E-state index contributed by atoms with van der Waals surface area (Å²) in [4.78, 5) is 0. The Bertz CT molecular complexity index is 333. The molecule has 0 fully saturated rings. The molecular weight excluding hydrogens is 234 g/mol. The van der Waals surface area contributed by atoms with E-state index in [4.69, 9.17) is 11.6 Å². The first-order chi connectivity index (χ1) is 7.79. The molecule has 0 radical (unpaired) electrons. The van der Waals surface area contributed by atoms with Crippen LogP contribution in [0, 0.1) is 6.92 Å². The molecule has 3 nitrogen and oxygen atoms in total. The van der Waals surface area contributed by atoms with Crippen molar-refractivity contribution in [3.8, 4) is 0 Å². The summed E-state index contributed by atoms with van der Waals surface area (Å²) in [5, 5.41) is 8.65. The van der Waals surface area contributed by atoms with Crippen LogP contribution in [0.1, 0.15) is 52.3 Å². The van der Waals surface area contributed by atoms with Crippen LogP contribution in [0.25, 0.3) is 0 Å². The number of aryl methyl sites for hydroxylation is 1. The number of halogens is 1. The van der Waals surface area contributed by atoms with Gasteiger partial charge in [-0.05, 0) is 54.0 Å². The minimum atomic E-state index is 0.203. The summed E-state index contributed by atoms with van der Waals surface area (Å²) in [5.74, 6) is 0. The van der Waals surface area contributed by atoms with Crippen LogP contribution in [0.4, 0.5) is 0 Å².